The fraction of sp³-hybridized carbons (Fsp3) is 0.833. The molecule has 0 aliphatic carbocycles. The molecule has 0 aromatic heterocycles. The van der Waals surface area contributed by atoms with E-state index in [-0.39, 0.29) is 0 Å². The van der Waals surface area contributed by atoms with Crippen LogP contribution in [0.5, 0.6) is 0 Å². The van der Waals surface area contributed by atoms with Crippen LogP contribution in [0.15, 0.2) is 11.6 Å². The molecule has 0 amide bonds. The second-order valence-corrected chi connectivity index (χ2v) is 4.88. The van der Waals surface area contributed by atoms with Crippen LogP contribution in [0.25, 0.3) is 0 Å². The fourth-order valence-corrected chi connectivity index (χ4v) is 1.89. The number of hydrogen-bond donors (Lipinski definition) is 0. The Morgan fingerprint density at radius 2 is 1.83 bits per heavy atom. The summed E-state index contributed by atoms with van der Waals surface area (Å²) in [4.78, 5) is 0. The summed E-state index contributed by atoms with van der Waals surface area (Å²) in [7, 11) is 0. The van der Waals surface area contributed by atoms with Crippen molar-refractivity contribution in [3.63, 3.8) is 0 Å². The van der Waals surface area contributed by atoms with Crippen molar-refractivity contribution in [2.75, 3.05) is 0 Å². The lowest BCUT2D eigenvalue weighted by Crippen LogP contribution is -2.12. The third-order valence-corrected chi connectivity index (χ3v) is 2.33. The highest BCUT2D eigenvalue weighted by Crippen LogP contribution is 2.29. The molecule has 1 atom stereocenters. The quantitative estimate of drug-likeness (QED) is 0.547. The van der Waals surface area contributed by atoms with Gasteiger partial charge in [0.05, 0.1) is 0 Å². The first-order valence-corrected chi connectivity index (χ1v) is 5.05. The Hall–Kier alpha value is -0.260. The van der Waals surface area contributed by atoms with E-state index in [1.807, 2.05) is 0 Å². The molecule has 0 nitrogen and oxygen atoms in total. The third-order valence-electron chi connectivity index (χ3n) is 2.33. The van der Waals surface area contributed by atoms with Gasteiger partial charge in [-0.2, -0.15) is 0 Å². The molecule has 0 radical (unpaired) electrons. The van der Waals surface area contributed by atoms with Gasteiger partial charge in [-0.1, -0.05) is 46.3 Å². The molecule has 0 N–H and O–H groups in total. The summed E-state index contributed by atoms with van der Waals surface area (Å²) < 4.78 is 0. The predicted molar refractivity (Wildman–Crippen MR) is 57.3 cm³/mol. The predicted octanol–water partition coefficient (Wildman–Crippen LogP) is 4.42. The van der Waals surface area contributed by atoms with Gasteiger partial charge in [-0.05, 0) is 31.1 Å². The van der Waals surface area contributed by atoms with Crippen molar-refractivity contribution in [2.24, 2.45) is 11.3 Å². The van der Waals surface area contributed by atoms with Crippen molar-refractivity contribution in [1.82, 2.24) is 0 Å². The Labute approximate surface area is 78.1 Å². The molecule has 1 unspecified atom stereocenters. The molecule has 0 saturated carbocycles. The van der Waals surface area contributed by atoms with Gasteiger partial charge in [0, 0.05) is 0 Å². The van der Waals surface area contributed by atoms with Crippen LogP contribution in [0.4, 0.5) is 0 Å². The Bertz CT molecular complexity index is 146. The average molecular weight is 168 g/mol. The third kappa shape index (κ3) is 4.58. The summed E-state index contributed by atoms with van der Waals surface area (Å²) in [6.07, 6.45) is 4.77. The van der Waals surface area contributed by atoms with Crippen molar-refractivity contribution in [1.29, 1.82) is 0 Å². The monoisotopic (exact) mass is 168 g/mol. The number of allylic oxidation sites excluding steroid dienone is 2. The molecule has 0 saturated heterocycles. The van der Waals surface area contributed by atoms with Crippen molar-refractivity contribution in [2.45, 2.75) is 54.4 Å². The number of rotatable bonds is 3. The van der Waals surface area contributed by atoms with E-state index in [4.69, 9.17) is 0 Å². The second-order valence-electron chi connectivity index (χ2n) is 4.88. The van der Waals surface area contributed by atoms with E-state index >= 15 is 0 Å². The van der Waals surface area contributed by atoms with Gasteiger partial charge in [0.2, 0.25) is 0 Å². The first-order chi connectivity index (χ1) is 5.40. The SMILES string of the molecule is CC=C(CC)C(C)CC(C)(C)C. The zero-order valence-corrected chi connectivity index (χ0v) is 9.57. The maximum Gasteiger partial charge on any atom is -0.0227 e. The molecule has 0 rings (SSSR count). The minimum Gasteiger partial charge on any atom is -0.0882 e. The van der Waals surface area contributed by atoms with Gasteiger partial charge in [-0.15, -0.1) is 0 Å². The van der Waals surface area contributed by atoms with Gasteiger partial charge in [0.15, 0.2) is 0 Å². The Kier molecular flexibility index (Phi) is 4.59. The molecule has 0 aromatic carbocycles. The maximum absolute atomic E-state index is 2.34. The van der Waals surface area contributed by atoms with Crippen LogP contribution in [0.1, 0.15) is 54.4 Å². The summed E-state index contributed by atoms with van der Waals surface area (Å²) in [5.74, 6) is 0.750. The zero-order valence-electron chi connectivity index (χ0n) is 9.57. The Balaban J connectivity index is 4.12. The molecule has 0 bridgehead atoms. The van der Waals surface area contributed by atoms with Gasteiger partial charge in [0.1, 0.15) is 0 Å². The van der Waals surface area contributed by atoms with Crippen LogP contribution in [0, 0.1) is 11.3 Å². The zero-order chi connectivity index (χ0) is 9.78. The van der Waals surface area contributed by atoms with Crippen LogP contribution >= 0.6 is 0 Å². The molecular formula is C12H24. The fourth-order valence-electron chi connectivity index (χ4n) is 1.89. The van der Waals surface area contributed by atoms with Crippen molar-refractivity contribution < 1.29 is 0 Å². The molecular weight excluding hydrogens is 144 g/mol. The normalized spacial score (nSPS) is 16.3. The van der Waals surface area contributed by atoms with Crippen LogP contribution in [-0.2, 0) is 0 Å². The standard InChI is InChI=1S/C12H24/c1-7-11(8-2)10(3)9-12(4,5)6/h7,10H,8-9H2,1-6H3. The lowest BCUT2D eigenvalue weighted by atomic mass is 9.81. The maximum atomic E-state index is 2.34. The highest BCUT2D eigenvalue weighted by molar-refractivity contribution is 5.04. The van der Waals surface area contributed by atoms with E-state index in [0.29, 0.717) is 5.41 Å². The molecule has 0 fully saturated rings. The Morgan fingerprint density at radius 3 is 2.08 bits per heavy atom. The highest BCUT2D eigenvalue weighted by Gasteiger charge is 2.16. The van der Waals surface area contributed by atoms with E-state index in [1.165, 1.54) is 12.8 Å². The van der Waals surface area contributed by atoms with E-state index in [1.54, 1.807) is 5.57 Å². The summed E-state index contributed by atoms with van der Waals surface area (Å²) in [5, 5.41) is 0. The number of hydrogen-bond acceptors (Lipinski definition) is 0. The first kappa shape index (κ1) is 11.7. The Morgan fingerprint density at radius 1 is 1.33 bits per heavy atom. The van der Waals surface area contributed by atoms with E-state index in [9.17, 15) is 0 Å². The topological polar surface area (TPSA) is 0 Å². The molecule has 0 aliphatic heterocycles. The van der Waals surface area contributed by atoms with Crippen molar-refractivity contribution in [3.05, 3.63) is 11.6 Å². The van der Waals surface area contributed by atoms with Crippen LogP contribution in [-0.4, -0.2) is 0 Å². The molecule has 0 aromatic rings. The average Bonchev–Trinajstić information content (AvgIpc) is 1.85. The van der Waals surface area contributed by atoms with Gasteiger partial charge in [0.25, 0.3) is 0 Å². The van der Waals surface area contributed by atoms with E-state index in [0.717, 1.165) is 5.92 Å². The van der Waals surface area contributed by atoms with Gasteiger partial charge in [-0.3, -0.25) is 0 Å². The van der Waals surface area contributed by atoms with Gasteiger partial charge in [-0.25, -0.2) is 0 Å². The van der Waals surface area contributed by atoms with Crippen molar-refractivity contribution in [3.8, 4) is 0 Å². The largest absolute Gasteiger partial charge is 0.0882 e. The first-order valence-electron chi connectivity index (χ1n) is 5.05. The van der Waals surface area contributed by atoms with Gasteiger partial charge >= 0.3 is 0 Å². The van der Waals surface area contributed by atoms with Crippen LogP contribution < -0.4 is 0 Å². The van der Waals surface area contributed by atoms with Crippen LogP contribution in [0.2, 0.25) is 0 Å². The molecule has 12 heavy (non-hydrogen) atoms. The molecule has 0 heteroatoms. The van der Waals surface area contributed by atoms with Crippen LogP contribution in [0.3, 0.4) is 0 Å². The minimum atomic E-state index is 0.461. The lowest BCUT2D eigenvalue weighted by molar-refractivity contribution is 0.327. The summed E-state index contributed by atoms with van der Waals surface area (Å²) in [6.45, 7) is 13.7. The van der Waals surface area contributed by atoms with Crippen molar-refractivity contribution >= 4 is 0 Å². The highest BCUT2D eigenvalue weighted by atomic mass is 14.2. The molecule has 0 spiro atoms. The smallest absolute Gasteiger partial charge is 0.0227 e. The molecule has 0 heterocycles. The summed E-state index contributed by atoms with van der Waals surface area (Å²) in [6, 6.07) is 0. The molecule has 72 valence electrons. The molecule has 0 aliphatic rings. The van der Waals surface area contributed by atoms with E-state index < -0.39 is 0 Å². The van der Waals surface area contributed by atoms with Gasteiger partial charge < -0.3 is 0 Å². The summed E-state index contributed by atoms with van der Waals surface area (Å²) >= 11 is 0. The minimum absolute atomic E-state index is 0.461. The lowest BCUT2D eigenvalue weighted by Gasteiger charge is -2.24. The van der Waals surface area contributed by atoms with E-state index in [2.05, 4.69) is 47.6 Å². The second kappa shape index (κ2) is 4.69. The summed E-state index contributed by atoms with van der Waals surface area (Å²) in [5.41, 5.74) is 2.06.